The molecule has 1 aliphatic rings. The van der Waals surface area contributed by atoms with Crippen LogP contribution in [-0.2, 0) is 0 Å². The maximum absolute atomic E-state index is 12.9. The van der Waals surface area contributed by atoms with Crippen LogP contribution in [0.2, 0.25) is 0 Å². The molecule has 1 heterocycles. The fourth-order valence-electron chi connectivity index (χ4n) is 1.81. The van der Waals surface area contributed by atoms with Crippen LogP contribution in [0.15, 0.2) is 24.3 Å². The third kappa shape index (κ3) is 2.93. The molecule has 1 aromatic rings. The van der Waals surface area contributed by atoms with Gasteiger partial charge in [-0.2, -0.15) is 0 Å². The summed E-state index contributed by atoms with van der Waals surface area (Å²) in [5.74, 6) is 0.141. The Kier molecular flexibility index (Phi) is 3.41. The maximum Gasteiger partial charge on any atom is 0.126 e. The Hall–Kier alpha value is -1.13. The second-order valence-electron chi connectivity index (χ2n) is 4.22. The minimum absolute atomic E-state index is 0.220. The van der Waals surface area contributed by atoms with E-state index in [9.17, 15) is 9.50 Å². The lowest BCUT2D eigenvalue weighted by Gasteiger charge is -2.32. The van der Waals surface area contributed by atoms with Gasteiger partial charge in [0.25, 0.3) is 0 Å². The average Bonchev–Trinajstić information content (AvgIpc) is 2.28. The highest BCUT2D eigenvalue weighted by Crippen LogP contribution is 2.20. The van der Waals surface area contributed by atoms with Crippen molar-refractivity contribution in [2.24, 2.45) is 0 Å². The van der Waals surface area contributed by atoms with Gasteiger partial charge in [0.05, 0.1) is 0 Å². The van der Waals surface area contributed by atoms with Crippen LogP contribution >= 0.6 is 0 Å². The molecule has 88 valence electrons. The summed E-state index contributed by atoms with van der Waals surface area (Å²) in [6.45, 7) is 1.81. The van der Waals surface area contributed by atoms with Gasteiger partial charge in [-0.25, -0.2) is 4.39 Å². The number of rotatable bonds is 3. The first kappa shape index (κ1) is 11.4. The van der Waals surface area contributed by atoms with E-state index >= 15 is 0 Å². The van der Waals surface area contributed by atoms with Gasteiger partial charge in [-0.15, -0.1) is 0 Å². The molecule has 1 aliphatic heterocycles. The van der Waals surface area contributed by atoms with Crippen molar-refractivity contribution in [3.05, 3.63) is 30.1 Å². The van der Waals surface area contributed by atoms with Crippen LogP contribution in [0.5, 0.6) is 5.75 Å². The number of piperidine rings is 1. The van der Waals surface area contributed by atoms with Crippen LogP contribution in [0.4, 0.5) is 4.39 Å². The minimum atomic E-state index is -0.780. The maximum atomic E-state index is 12.9. The van der Waals surface area contributed by atoms with E-state index in [1.165, 1.54) is 12.1 Å². The Morgan fingerprint density at radius 2 is 2.12 bits per heavy atom. The number of halogens is 1. The summed E-state index contributed by atoms with van der Waals surface area (Å²) in [5, 5.41) is 13.3. The van der Waals surface area contributed by atoms with Gasteiger partial charge in [0.15, 0.2) is 0 Å². The number of benzene rings is 1. The summed E-state index contributed by atoms with van der Waals surface area (Å²) in [6.07, 6.45) is 1.34. The molecule has 1 saturated heterocycles. The number of aliphatic hydroxyl groups is 1. The second kappa shape index (κ2) is 4.80. The van der Waals surface area contributed by atoms with Crippen molar-refractivity contribution in [3.63, 3.8) is 0 Å². The zero-order valence-corrected chi connectivity index (χ0v) is 9.08. The molecule has 2 rings (SSSR count). The average molecular weight is 225 g/mol. The first-order valence-corrected chi connectivity index (χ1v) is 5.49. The highest BCUT2D eigenvalue weighted by molar-refractivity contribution is 5.22. The fraction of sp³-hybridized carbons (Fsp3) is 0.500. The molecule has 1 fully saturated rings. The molecule has 0 aliphatic carbocycles. The van der Waals surface area contributed by atoms with Crippen LogP contribution in [0, 0.1) is 5.82 Å². The van der Waals surface area contributed by atoms with Crippen LogP contribution in [0.25, 0.3) is 0 Å². The van der Waals surface area contributed by atoms with Crippen molar-refractivity contribution in [2.45, 2.75) is 18.4 Å². The standard InChI is InChI=1S/C12H16FNO2/c13-10-2-1-3-11(8-10)16-9-12(15)4-6-14-7-5-12/h1-3,8,14-15H,4-7,9H2. The van der Waals surface area contributed by atoms with E-state index in [1.54, 1.807) is 12.1 Å². The van der Waals surface area contributed by atoms with Crippen molar-refractivity contribution >= 4 is 0 Å². The summed E-state index contributed by atoms with van der Waals surface area (Å²) in [5.41, 5.74) is -0.780. The summed E-state index contributed by atoms with van der Waals surface area (Å²) in [7, 11) is 0. The summed E-state index contributed by atoms with van der Waals surface area (Å²) < 4.78 is 18.3. The van der Waals surface area contributed by atoms with E-state index in [-0.39, 0.29) is 12.4 Å². The van der Waals surface area contributed by atoms with Gasteiger partial charge in [-0.3, -0.25) is 0 Å². The van der Waals surface area contributed by atoms with Crippen LogP contribution in [0.1, 0.15) is 12.8 Å². The van der Waals surface area contributed by atoms with Crippen molar-refractivity contribution < 1.29 is 14.2 Å². The second-order valence-corrected chi connectivity index (χ2v) is 4.22. The summed E-state index contributed by atoms with van der Waals surface area (Å²) >= 11 is 0. The van der Waals surface area contributed by atoms with Gasteiger partial charge in [0.1, 0.15) is 23.8 Å². The normalized spacial score (nSPS) is 19.4. The molecule has 3 nitrogen and oxygen atoms in total. The van der Waals surface area contributed by atoms with E-state index in [2.05, 4.69) is 5.32 Å². The molecule has 4 heteroatoms. The van der Waals surface area contributed by atoms with Crippen molar-refractivity contribution in [3.8, 4) is 5.75 Å². The summed E-state index contributed by atoms with van der Waals surface area (Å²) in [6, 6.07) is 5.97. The molecule has 0 spiro atoms. The van der Waals surface area contributed by atoms with E-state index in [0.29, 0.717) is 18.6 Å². The monoisotopic (exact) mass is 225 g/mol. The molecule has 0 bridgehead atoms. The predicted octanol–water partition coefficient (Wildman–Crippen LogP) is 1.32. The zero-order chi connectivity index (χ0) is 11.4. The molecule has 0 radical (unpaired) electrons. The van der Waals surface area contributed by atoms with Gasteiger partial charge in [0.2, 0.25) is 0 Å². The third-order valence-corrected chi connectivity index (χ3v) is 2.84. The Bertz CT molecular complexity index is 351. The smallest absolute Gasteiger partial charge is 0.126 e. The van der Waals surface area contributed by atoms with E-state index in [1.807, 2.05) is 0 Å². The molecule has 0 atom stereocenters. The molecule has 1 aromatic carbocycles. The topological polar surface area (TPSA) is 41.5 Å². The molecule has 0 amide bonds. The molecule has 0 unspecified atom stereocenters. The lowest BCUT2D eigenvalue weighted by Crippen LogP contribution is -2.45. The Morgan fingerprint density at radius 3 is 2.81 bits per heavy atom. The van der Waals surface area contributed by atoms with Gasteiger partial charge in [-0.1, -0.05) is 6.07 Å². The Morgan fingerprint density at radius 1 is 1.38 bits per heavy atom. The number of hydrogen-bond donors (Lipinski definition) is 2. The van der Waals surface area contributed by atoms with Crippen LogP contribution in [-0.4, -0.2) is 30.4 Å². The van der Waals surface area contributed by atoms with Gasteiger partial charge in [-0.05, 0) is 38.1 Å². The molecule has 0 saturated carbocycles. The van der Waals surface area contributed by atoms with Gasteiger partial charge in [0, 0.05) is 6.07 Å². The first-order valence-electron chi connectivity index (χ1n) is 5.49. The fourth-order valence-corrected chi connectivity index (χ4v) is 1.81. The highest BCUT2D eigenvalue weighted by atomic mass is 19.1. The quantitative estimate of drug-likeness (QED) is 0.815. The van der Waals surface area contributed by atoms with Crippen molar-refractivity contribution in [1.82, 2.24) is 5.32 Å². The SMILES string of the molecule is OC1(COc2cccc(F)c2)CCNCC1. The number of hydrogen-bond acceptors (Lipinski definition) is 3. The molecule has 0 aromatic heterocycles. The van der Waals surface area contributed by atoms with Gasteiger partial charge >= 0.3 is 0 Å². The lowest BCUT2D eigenvalue weighted by molar-refractivity contribution is -0.0286. The van der Waals surface area contributed by atoms with Crippen molar-refractivity contribution in [2.75, 3.05) is 19.7 Å². The number of ether oxygens (including phenoxy) is 1. The van der Waals surface area contributed by atoms with E-state index in [0.717, 1.165) is 13.1 Å². The minimum Gasteiger partial charge on any atom is -0.490 e. The molecule has 2 N–H and O–H groups in total. The molecular weight excluding hydrogens is 209 g/mol. The van der Waals surface area contributed by atoms with Crippen LogP contribution in [0.3, 0.4) is 0 Å². The molecule has 16 heavy (non-hydrogen) atoms. The third-order valence-electron chi connectivity index (χ3n) is 2.84. The lowest BCUT2D eigenvalue weighted by atomic mass is 9.94. The van der Waals surface area contributed by atoms with Gasteiger partial charge < -0.3 is 15.2 Å². The Balaban J connectivity index is 1.91. The zero-order valence-electron chi connectivity index (χ0n) is 9.08. The van der Waals surface area contributed by atoms with Crippen LogP contribution < -0.4 is 10.1 Å². The largest absolute Gasteiger partial charge is 0.490 e. The summed E-state index contributed by atoms with van der Waals surface area (Å²) in [4.78, 5) is 0. The Labute approximate surface area is 94.2 Å². The highest BCUT2D eigenvalue weighted by Gasteiger charge is 2.29. The van der Waals surface area contributed by atoms with E-state index < -0.39 is 5.60 Å². The first-order chi connectivity index (χ1) is 7.68. The van der Waals surface area contributed by atoms with Crippen molar-refractivity contribution in [1.29, 1.82) is 0 Å². The predicted molar refractivity (Wildman–Crippen MR) is 58.9 cm³/mol. The number of nitrogens with one attached hydrogen (secondary N) is 1. The van der Waals surface area contributed by atoms with E-state index in [4.69, 9.17) is 4.74 Å². The molecular formula is C12H16FNO2.